The first kappa shape index (κ1) is 55.3. The monoisotopic (exact) mass is 905 g/mol. The van der Waals surface area contributed by atoms with Crippen molar-refractivity contribution < 1.29 is 67.6 Å². The number of rotatable bonds is 15. The number of amides is 1. The normalized spacial score (nSPS) is 42.6. The van der Waals surface area contributed by atoms with E-state index < -0.39 is 114 Å². The molecule has 3 heterocycles. The SMILES string of the molecule is CC[C@H]1OC(=O)[C@H](C)[C@@H](O[C@H]2C[C@@](C)(OC)[C@@H](OC(=O)CCNCCN(C)C)[C@H](C)O2)[C@H](C)[C@@H](O[C@@H]2O[C@H](C)C[C@H](N(C)C)[C@H]2O)[C@](C)(OC)C[C@@H](C)C(=O)N[C@H](C)[C@@H](O)[C@]1(C)O. The topological polar surface area (TPSA) is 216 Å². The number of aliphatic hydroxyl groups is 3. The molecule has 0 bridgehead atoms. The van der Waals surface area contributed by atoms with Gasteiger partial charge in [0.1, 0.15) is 29.5 Å². The van der Waals surface area contributed by atoms with E-state index in [2.05, 4.69) is 10.6 Å². The van der Waals surface area contributed by atoms with Gasteiger partial charge >= 0.3 is 11.9 Å². The first-order chi connectivity index (χ1) is 29.3. The van der Waals surface area contributed by atoms with Crippen LogP contribution in [-0.2, 0) is 52.3 Å². The molecule has 5 N–H and O–H groups in total. The number of methoxy groups -OCH3 is 2. The quantitative estimate of drug-likeness (QED) is 0.117. The molecule has 368 valence electrons. The van der Waals surface area contributed by atoms with E-state index in [4.69, 9.17) is 37.9 Å². The third-order valence-electron chi connectivity index (χ3n) is 13.6. The minimum Gasteiger partial charge on any atom is -0.459 e. The summed E-state index contributed by atoms with van der Waals surface area (Å²) < 4.78 is 51.0. The molecule has 0 aliphatic carbocycles. The summed E-state index contributed by atoms with van der Waals surface area (Å²) >= 11 is 0. The number of carbonyl (C=O) groups excluding carboxylic acids is 3. The van der Waals surface area contributed by atoms with E-state index in [0.717, 1.165) is 13.1 Å². The molecule has 0 radical (unpaired) electrons. The Morgan fingerprint density at radius 1 is 0.905 bits per heavy atom. The first-order valence-electron chi connectivity index (χ1n) is 22.8. The lowest BCUT2D eigenvalue weighted by molar-refractivity contribution is -0.320. The van der Waals surface area contributed by atoms with Crippen molar-refractivity contribution in [1.29, 1.82) is 0 Å². The van der Waals surface area contributed by atoms with Crippen LogP contribution in [0.15, 0.2) is 0 Å². The molecule has 18 atom stereocenters. The van der Waals surface area contributed by atoms with Gasteiger partial charge < -0.3 is 73.6 Å². The molecule has 0 aromatic heterocycles. The summed E-state index contributed by atoms with van der Waals surface area (Å²) in [5.74, 6) is -4.13. The van der Waals surface area contributed by atoms with E-state index in [1.165, 1.54) is 21.1 Å². The van der Waals surface area contributed by atoms with Gasteiger partial charge in [0.15, 0.2) is 18.7 Å². The van der Waals surface area contributed by atoms with Gasteiger partial charge in [0.2, 0.25) is 5.91 Å². The lowest BCUT2D eigenvalue weighted by atomic mass is 9.77. The third-order valence-corrected chi connectivity index (χ3v) is 13.6. The van der Waals surface area contributed by atoms with Gasteiger partial charge in [-0.2, -0.15) is 0 Å². The van der Waals surface area contributed by atoms with Crippen LogP contribution in [0.2, 0.25) is 0 Å². The zero-order valence-electron chi connectivity index (χ0n) is 41.0. The van der Waals surface area contributed by atoms with Crippen molar-refractivity contribution in [2.75, 3.05) is 62.0 Å². The highest BCUT2D eigenvalue weighted by atomic mass is 16.7. The molecule has 0 unspecified atom stereocenters. The number of ether oxygens (including phenoxy) is 8. The van der Waals surface area contributed by atoms with E-state index >= 15 is 0 Å². The van der Waals surface area contributed by atoms with Crippen molar-refractivity contribution in [3.63, 3.8) is 0 Å². The molecule has 0 saturated carbocycles. The molecule has 18 nitrogen and oxygen atoms in total. The van der Waals surface area contributed by atoms with Gasteiger partial charge in [-0.15, -0.1) is 0 Å². The lowest BCUT2D eigenvalue weighted by Gasteiger charge is -2.49. The van der Waals surface area contributed by atoms with Gasteiger partial charge in [0.25, 0.3) is 0 Å². The second-order valence-corrected chi connectivity index (χ2v) is 19.5. The third kappa shape index (κ3) is 14.0. The molecule has 0 aromatic rings. The summed E-state index contributed by atoms with van der Waals surface area (Å²) in [4.78, 5) is 45.4. The summed E-state index contributed by atoms with van der Waals surface area (Å²) in [7, 11) is 10.7. The highest BCUT2D eigenvalue weighted by Gasteiger charge is 2.54. The molecular formula is C45H84N4O14. The largest absolute Gasteiger partial charge is 0.459 e. The van der Waals surface area contributed by atoms with Crippen molar-refractivity contribution >= 4 is 17.8 Å². The summed E-state index contributed by atoms with van der Waals surface area (Å²) in [6.07, 6.45) is -8.86. The van der Waals surface area contributed by atoms with Crippen LogP contribution in [0.5, 0.6) is 0 Å². The summed E-state index contributed by atoms with van der Waals surface area (Å²) in [5, 5.41) is 41.0. The van der Waals surface area contributed by atoms with Gasteiger partial charge in [-0.1, -0.05) is 20.8 Å². The summed E-state index contributed by atoms with van der Waals surface area (Å²) in [6.45, 7) is 19.1. The van der Waals surface area contributed by atoms with E-state index in [-0.39, 0.29) is 37.8 Å². The van der Waals surface area contributed by atoms with Gasteiger partial charge in [-0.05, 0) is 95.9 Å². The number of aliphatic hydroxyl groups excluding tert-OH is 2. The molecule has 3 fully saturated rings. The standard InChI is InChI=1S/C45H84N4O14/c1-17-32-45(10,55)37(52)29(6)47-40(53)25(2)23-43(8,56-15)38(63-42-35(51)31(49(13)14)22-26(3)58-42)27(4)36(28(5)41(54)60-32)62-34-24-44(9,57-16)39(30(7)59-34)61-33(50)18-19-46-20-21-48(11)12/h25-32,34-39,42,46,51-52,55H,17-24H2,1-16H3,(H,47,53)/t25-,26-,27+,28-,29-,30+,31+,32-,34+,35-,36+,37-,38-,39+,42+,43-,44-,45-/m1/s1. The van der Waals surface area contributed by atoms with Crippen LogP contribution in [0.3, 0.4) is 0 Å². The van der Waals surface area contributed by atoms with Gasteiger partial charge in [0.05, 0.1) is 48.4 Å². The lowest BCUT2D eigenvalue weighted by Crippen LogP contribution is -2.61. The highest BCUT2D eigenvalue weighted by Crippen LogP contribution is 2.41. The second kappa shape index (κ2) is 23.6. The zero-order valence-corrected chi connectivity index (χ0v) is 41.0. The van der Waals surface area contributed by atoms with E-state index in [0.29, 0.717) is 13.0 Å². The van der Waals surface area contributed by atoms with Crippen LogP contribution in [0.25, 0.3) is 0 Å². The minimum atomic E-state index is -1.97. The van der Waals surface area contributed by atoms with Gasteiger partial charge in [-0.25, -0.2) is 0 Å². The molecule has 3 rings (SSSR count). The molecular weight excluding hydrogens is 821 g/mol. The van der Waals surface area contributed by atoms with Gasteiger partial charge in [-0.3, -0.25) is 14.4 Å². The summed E-state index contributed by atoms with van der Waals surface area (Å²) in [5.41, 5.74) is -4.35. The van der Waals surface area contributed by atoms with Crippen LogP contribution in [0.1, 0.15) is 101 Å². The number of nitrogens with one attached hydrogen (secondary N) is 2. The van der Waals surface area contributed by atoms with Crippen molar-refractivity contribution in [2.24, 2.45) is 17.8 Å². The Kier molecular flexibility index (Phi) is 20.7. The summed E-state index contributed by atoms with van der Waals surface area (Å²) in [6, 6.07) is -1.25. The average molecular weight is 905 g/mol. The molecule has 1 amide bonds. The Morgan fingerprint density at radius 3 is 2.10 bits per heavy atom. The fourth-order valence-electron chi connectivity index (χ4n) is 9.45. The smallest absolute Gasteiger partial charge is 0.311 e. The number of carbonyl (C=O) groups is 3. The number of hydrogen-bond acceptors (Lipinski definition) is 17. The van der Waals surface area contributed by atoms with E-state index in [1.807, 2.05) is 58.8 Å². The Bertz CT molecular complexity index is 1460. The minimum absolute atomic E-state index is 0.0824. The number of likely N-dealkylation sites (N-methyl/N-ethyl adjacent to an activating group) is 2. The molecule has 3 saturated heterocycles. The number of nitrogens with zero attached hydrogens (tertiary/aromatic N) is 2. The Labute approximate surface area is 376 Å². The predicted molar refractivity (Wildman–Crippen MR) is 234 cm³/mol. The van der Waals surface area contributed by atoms with Crippen molar-refractivity contribution in [3.8, 4) is 0 Å². The number of hydrogen-bond donors (Lipinski definition) is 5. The van der Waals surface area contributed by atoms with Crippen molar-refractivity contribution in [3.05, 3.63) is 0 Å². The molecule has 0 spiro atoms. The second-order valence-electron chi connectivity index (χ2n) is 19.5. The molecule has 18 heteroatoms. The number of esters is 2. The van der Waals surface area contributed by atoms with E-state index in [1.54, 1.807) is 41.5 Å². The number of cyclic esters (lactones) is 1. The fraction of sp³-hybridized carbons (Fsp3) is 0.933. The highest BCUT2D eigenvalue weighted by molar-refractivity contribution is 5.78. The van der Waals surface area contributed by atoms with Crippen LogP contribution >= 0.6 is 0 Å². The van der Waals surface area contributed by atoms with Crippen LogP contribution in [0, 0.1) is 17.8 Å². The van der Waals surface area contributed by atoms with Crippen LogP contribution in [-0.4, -0.2) is 195 Å². The Balaban J connectivity index is 2.12. The Morgan fingerprint density at radius 2 is 1.52 bits per heavy atom. The van der Waals surface area contributed by atoms with Gasteiger partial charge in [0, 0.05) is 58.2 Å². The van der Waals surface area contributed by atoms with Crippen molar-refractivity contribution in [1.82, 2.24) is 20.4 Å². The van der Waals surface area contributed by atoms with Crippen molar-refractivity contribution in [2.45, 2.75) is 192 Å². The molecule has 3 aliphatic rings. The average Bonchev–Trinajstić information content (AvgIpc) is 3.21. The molecule has 0 aromatic carbocycles. The predicted octanol–water partition coefficient (Wildman–Crippen LogP) is 1.83. The van der Waals surface area contributed by atoms with E-state index in [9.17, 15) is 29.7 Å². The maximum atomic E-state index is 14.5. The maximum absolute atomic E-state index is 14.5. The Hall–Kier alpha value is -2.07. The van der Waals surface area contributed by atoms with Crippen LogP contribution in [0.4, 0.5) is 0 Å². The first-order valence-corrected chi connectivity index (χ1v) is 22.8. The zero-order chi connectivity index (χ0) is 47.8. The fourth-order valence-corrected chi connectivity index (χ4v) is 9.45. The molecule has 3 aliphatic heterocycles. The molecule has 63 heavy (non-hydrogen) atoms. The maximum Gasteiger partial charge on any atom is 0.311 e. The van der Waals surface area contributed by atoms with Crippen LogP contribution < -0.4 is 10.6 Å².